The zero-order valence-electron chi connectivity index (χ0n) is 16.2. The zero-order chi connectivity index (χ0) is 18.9. The van der Waals surface area contributed by atoms with Crippen LogP contribution in [-0.2, 0) is 5.41 Å². The van der Waals surface area contributed by atoms with Gasteiger partial charge in [-0.25, -0.2) is 0 Å². The van der Waals surface area contributed by atoms with Crippen LogP contribution in [-0.4, -0.2) is 0 Å². The van der Waals surface area contributed by atoms with Crippen molar-refractivity contribution in [3.8, 4) is 11.1 Å². The van der Waals surface area contributed by atoms with Gasteiger partial charge < -0.3 is 5.32 Å². The summed E-state index contributed by atoms with van der Waals surface area (Å²) in [7, 11) is 0. The molecule has 1 N–H and O–H groups in total. The lowest BCUT2D eigenvalue weighted by atomic mass is 9.87. The molecule has 0 bridgehead atoms. The first-order valence-electron chi connectivity index (χ1n) is 9.47. The third-order valence-corrected chi connectivity index (χ3v) is 5.04. The van der Waals surface area contributed by atoms with Gasteiger partial charge >= 0.3 is 0 Å². The Balaban J connectivity index is 1.74. The van der Waals surface area contributed by atoms with E-state index in [1.54, 1.807) is 0 Å². The Morgan fingerprint density at radius 2 is 1.22 bits per heavy atom. The van der Waals surface area contributed by atoms with Crippen molar-refractivity contribution in [2.24, 2.45) is 0 Å². The molecule has 27 heavy (non-hydrogen) atoms. The van der Waals surface area contributed by atoms with Gasteiger partial charge in [0.25, 0.3) is 0 Å². The summed E-state index contributed by atoms with van der Waals surface area (Å²) in [5.41, 5.74) is 6.21. The van der Waals surface area contributed by atoms with Gasteiger partial charge in [-0.05, 0) is 45.5 Å². The van der Waals surface area contributed by atoms with Gasteiger partial charge in [0.05, 0.1) is 0 Å². The van der Waals surface area contributed by atoms with Crippen molar-refractivity contribution in [3.63, 3.8) is 0 Å². The highest BCUT2D eigenvalue weighted by Crippen LogP contribution is 2.35. The van der Waals surface area contributed by atoms with Crippen molar-refractivity contribution in [2.45, 2.75) is 26.2 Å². The van der Waals surface area contributed by atoms with Crippen molar-refractivity contribution in [1.82, 2.24) is 0 Å². The number of rotatable bonds is 3. The van der Waals surface area contributed by atoms with Crippen molar-refractivity contribution < 1.29 is 0 Å². The minimum atomic E-state index is 0.166. The molecule has 4 rings (SSSR count). The zero-order valence-corrected chi connectivity index (χ0v) is 16.2. The van der Waals surface area contributed by atoms with Gasteiger partial charge in [0, 0.05) is 16.9 Å². The first kappa shape index (κ1) is 17.4. The van der Waals surface area contributed by atoms with Crippen LogP contribution in [0.15, 0.2) is 91.0 Å². The largest absolute Gasteiger partial charge is 0.355 e. The van der Waals surface area contributed by atoms with E-state index in [4.69, 9.17) is 0 Å². The van der Waals surface area contributed by atoms with Crippen LogP contribution in [0.1, 0.15) is 26.3 Å². The molecule has 0 saturated heterocycles. The van der Waals surface area contributed by atoms with Crippen LogP contribution < -0.4 is 5.32 Å². The Morgan fingerprint density at radius 1 is 0.593 bits per heavy atom. The Kier molecular flexibility index (Phi) is 4.45. The lowest BCUT2D eigenvalue weighted by molar-refractivity contribution is 0.590. The predicted molar refractivity (Wildman–Crippen MR) is 118 cm³/mol. The maximum Gasteiger partial charge on any atom is 0.0464 e. The molecule has 1 nitrogen and oxygen atoms in total. The Hall–Kier alpha value is -3.06. The molecule has 0 heterocycles. The normalized spacial score (nSPS) is 11.5. The molecule has 0 radical (unpaired) electrons. The molecule has 0 saturated carbocycles. The van der Waals surface area contributed by atoms with Crippen LogP contribution in [0.3, 0.4) is 0 Å². The SMILES string of the molecule is CC(C)(C)c1ccc(Nc2ccccc2-c2cccc3ccccc23)cc1. The van der Waals surface area contributed by atoms with Crippen LogP contribution in [0.5, 0.6) is 0 Å². The van der Waals surface area contributed by atoms with E-state index in [0.29, 0.717) is 0 Å². The summed E-state index contributed by atoms with van der Waals surface area (Å²) in [6, 6.07) is 32.3. The molecule has 0 aliphatic heterocycles. The first-order valence-corrected chi connectivity index (χ1v) is 9.47. The average Bonchev–Trinajstić information content (AvgIpc) is 2.68. The van der Waals surface area contributed by atoms with E-state index >= 15 is 0 Å². The minimum absolute atomic E-state index is 0.166. The van der Waals surface area contributed by atoms with E-state index in [-0.39, 0.29) is 5.41 Å². The standard InChI is InChI=1S/C26H25N/c1-26(2,3)20-15-17-21(18-16-20)27-25-14-7-6-12-24(25)23-13-8-10-19-9-4-5-11-22(19)23/h4-18,27H,1-3H3. The molecular weight excluding hydrogens is 326 g/mol. The van der Waals surface area contributed by atoms with E-state index in [1.807, 2.05) is 0 Å². The summed E-state index contributed by atoms with van der Waals surface area (Å²) in [6.45, 7) is 6.72. The van der Waals surface area contributed by atoms with Crippen LogP contribution in [0, 0.1) is 0 Å². The molecular formula is C26H25N. The maximum atomic E-state index is 3.61. The van der Waals surface area contributed by atoms with Gasteiger partial charge in [0.2, 0.25) is 0 Å². The molecule has 0 amide bonds. The Bertz CT molecular complexity index is 1060. The molecule has 0 spiro atoms. The van der Waals surface area contributed by atoms with E-state index in [1.165, 1.54) is 27.5 Å². The van der Waals surface area contributed by atoms with Crippen molar-refractivity contribution in [1.29, 1.82) is 0 Å². The van der Waals surface area contributed by atoms with E-state index < -0.39 is 0 Å². The number of anilines is 2. The van der Waals surface area contributed by atoms with E-state index in [0.717, 1.165) is 11.4 Å². The van der Waals surface area contributed by atoms with Crippen molar-refractivity contribution >= 4 is 22.1 Å². The summed E-state index contributed by atoms with van der Waals surface area (Å²) in [4.78, 5) is 0. The highest BCUT2D eigenvalue weighted by atomic mass is 14.9. The van der Waals surface area contributed by atoms with E-state index in [2.05, 4.69) is 117 Å². The summed E-state index contributed by atoms with van der Waals surface area (Å²) in [6.07, 6.45) is 0. The summed E-state index contributed by atoms with van der Waals surface area (Å²) >= 11 is 0. The van der Waals surface area contributed by atoms with Crippen LogP contribution in [0.2, 0.25) is 0 Å². The second-order valence-corrected chi connectivity index (χ2v) is 8.02. The van der Waals surface area contributed by atoms with Crippen LogP contribution in [0.4, 0.5) is 11.4 Å². The predicted octanol–water partition coefficient (Wildman–Crippen LogP) is 7.55. The summed E-state index contributed by atoms with van der Waals surface area (Å²) < 4.78 is 0. The number of hydrogen-bond acceptors (Lipinski definition) is 1. The molecule has 0 aromatic heterocycles. The minimum Gasteiger partial charge on any atom is -0.355 e. The van der Waals surface area contributed by atoms with Crippen molar-refractivity contribution in [2.75, 3.05) is 5.32 Å². The second-order valence-electron chi connectivity index (χ2n) is 8.02. The molecule has 0 fully saturated rings. The molecule has 1 heteroatoms. The number of benzene rings is 4. The molecule has 4 aromatic rings. The number of fused-ring (bicyclic) bond motifs is 1. The molecule has 134 valence electrons. The number of para-hydroxylation sites is 1. The summed E-state index contributed by atoms with van der Waals surface area (Å²) in [5.74, 6) is 0. The fourth-order valence-electron chi connectivity index (χ4n) is 3.50. The smallest absolute Gasteiger partial charge is 0.0464 e. The average molecular weight is 351 g/mol. The van der Waals surface area contributed by atoms with Crippen molar-refractivity contribution in [3.05, 3.63) is 96.6 Å². The van der Waals surface area contributed by atoms with Gasteiger partial charge in [-0.3, -0.25) is 0 Å². The van der Waals surface area contributed by atoms with Crippen LogP contribution >= 0.6 is 0 Å². The topological polar surface area (TPSA) is 12.0 Å². The third kappa shape index (κ3) is 3.59. The van der Waals surface area contributed by atoms with E-state index in [9.17, 15) is 0 Å². The molecule has 0 aliphatic carbocycles. The number of nitrogens with one attached hydrogen (secondary N) is 1. The maximum absolute atomic E-state index is 3.61. The highest BCUT2D eigenvalue weighted by Gasteiger charge is 2.13. The quantitative estimate of drug-likeness (QED) is 0.402. The molecule has 4 aromatic carbocycles. The Morgan fingerprint density at radius 3 is 2.00 bits per heavy atom. The van der Waals surface area contributed by atoms with Gasteiger partial charge in [-0.2, -0.15) is 0 Å². The molecule has 0 aliphatic rings. The fraction of sp³-hybridized carbons (Fsp3) is 0.154. The lowest BCUT2D eigenvalue weighted by Gasteiger charge is -2.20. The lowest BCUT2D eigenvalue weighted by Crippen LogP contribution is -2.10. The second kappa shape index (κ2) is 6.92. The van der Waals surface area contributed by atoms with Gasteiger partial charge in [-0.1, -0.05) is 93.6 Å². The van der Waals surface area contributed by atoms with Gasteiger partial charge in [-0.15, -0.1) is 0 Å². The third-order valence-electron chi connectivity index (χ3n) is 5.04. The number of hydrogen-bond donors (Lipinski definition) is 1. The first-order chi connectivity index (χ1) is 13.0. The monoisotopic (exact) mass is 351 g/mol. The molecule has 0 atom stereocenters. The fourth-order valence-corrected chi connectivity index (χ4v) is 3.50. The Labute approximate surface area is 161 Å². The molecule has 0 unspecified atom stereocenters. The van der Waals surface area contributed by atoms with Crippen LogP contribution in [0.25, 0.3) is 21.9 Å². The highest BCUT2D eigenvalue weighted by molar-refractivity contribution is 5.99. The van der Waals surface area contributed by atoms with Gasteiger partial charge in [0.1, 0.15) is 0 Å². The van der Waals surface area contributed by atoms with Gasteiger partial charge in [0.15, 0.2) is 0 Å². The summed E-state index contributed by atoms with van der Waals surface area (Å²) in [5, 5.41) is 6.15.